The molecule has 1 aromatic rings. The van der Waals surface area contributed by atoms with Crippen LogP contribution in [0.15, 0.2) is 0 Å². The SMILES string of the molecule is CC(C)c1nn(C)c(NCC2CCCNC2)c1[N+](=O)[O-]. The van der Waals surface area contributed by atoms with Gasteiger partial charge >= 0.3 is 5.69 Å². The maximum Gasteiger partial charge on any atom is 0.334 e. The lowest BCUT2D eigenvalue weighted by Gasteiger charge is -2.23. The molecular weight excluding hydrogens is 258 g/mol. The van der Waals surface area contributed by atoms with Crippen molar-refractivity contribution in [3.8, 4) is 0 Å². The van der Waals surface area contributed by atoms with Crippen molar-refractivity contribution in [2.75, 3.05) is 25.0 Å². The molecule has 0 aromatic carbocycles. The molecule has 20 heavy (non-hydrogen) atoms. The minimum Gasteiger partial charge on any atom is -0.364 e. The van der Waals surface area contributed by atoms with Crippen molar-refractivity contribution in [1.82, 2.24) is 15.1 Å². The Morgan fingerprint density at radius 1 is 1.60 bits per heavy atom. The van der Waals surface area contributed by atoms with Crippen LogP contribution in [0, 0.1) is 16.0 Å². The van der Waals surface area contributed by atoms with Crippen molar-refractivity contribution in [2.24, 2.45) is 13.0 Å². The second-order valence-electron chi connectivity index (χ2n) is 5.71. The fraction of sp³-hybridized carbons (Fsp3) is 0.769. The number of rotatable bonds is 5. The first kappa shape index (κ1) is 14.8. The zero-order valence-electron chi connectivity index (χ0n) is 12.3. The van der Waals surface area contributed by atoms with Crippen molar-refractivity contribution in [3.05, 3.63) is 15.8 Å². The number of hydrogen-bond acceptors (Lipinski definition) is 5. The van der Waals surface area contributed by atoms with Gasteiger partial charge in [-0.25, -0.2) is 4.68 Å². The average molecular weight is 281 g/mol. The molecule has 1 saturated heterocycles. The maximum atomic E-state index is 11.3. The topological polar surface area (TPSA) is 85.0 Å². The monoisotopic (exact) mass is 281 g/mol. The Kier molecular flexibility index (Phi) is 4.59. The standard InChI is InChI=1S/C13H23N5O2/c1-9(2)11-12(18(19)20)13(17(3)16-11)15-8-10-5-4-6-14-7-10/h9-10,14-15H,4-8H2,1-3H3. The lowest BCUT2D eigenvalue weighted by Crippen LogP contribution is -2.33. The minimum absolute atomic E-state index is 0.0356. The van der Waals surface area contributed by atoms with E-state index < -0.39 is 0 Å². The molecule has 7 nitrogen and oxygen atoms in total. The maximum absolute atomic E-state index is 11.3. The van der Waals surface area contributed by atoms with Crippen molar-refractivity contribution in [1.29, 1.82) is 0 Å². The third-order valence-electron chi connectivity index (χ3n) is 3.73. The number of nitrogens with zero attached hydrogens (tertiary/aromatic N) is 3. The lowest BCUT2D eigenvalue weighted by molar-refractivity contribution is -0.384. The largest absolute Gasteiger partial charge is 0.364 e. The second-order valence-corrected chi connectivity index (χ2v) is 5.71. The highest BCUT2D eigenvalue weighted by molar-refractivity contribution is 5.60. The van der Waals surface area contributed by atoms with Gasteiger partial charge in [0.15, 0.2) is 0 Å². The quantitative estimate of drug-likeness (QED) is 0.635. The molecular formula is C13H23N5O2. The lowest BCUT2D eigenvalue weighted by atomic mass is 10.00. The molecule has 1 aromatic heterocycles. The Labute approximate surface area is 118 Å². The first-order valence-corrected chi connectivity index (χ1v) is 7.16. The summed E-state index contributed by atoms with van der Waals surface area (Å²) in [6, 6.07) is 0. The van der Waals surface area contributed by atoms with E-state index in [0.29, 0.717) is 17.4 Å². The molecule has 0 aliphatic carbocycles. The van der Waals surface area contributed by atoms with Gasteiger partial charge in [-0.2, -0.15) is 5.10 Å². The van der Waals surface area contributed by atoms with Crippen LogP contribution in [0.2, 0.25) is 0 Å². The van der Waals surface area contributed by atoms with Crippen molar-refractivity contribution in [2.45, 2.75) is 32.6 Å². The summed E-state index contributed by atoms with van der Waals surface area (Å²) >= 11 is 0. The predicted molar refractivity (Wildman–Crippen MR) is 78.0 cm³/mol. The van der Waals surface area contributed by atoms with Crippen LogP contribution in [0.4, 0.5) is 11.5 Å². The highest BCUT2D eigenvalue weighted by Crippen LogP contribution is 2.32. The van der Waals surface area contributed by atoms with Gasteiger partial charge in [0, 0.05) is 19.5 Å². The summed E-state index contributed by atoms with van der Waals surface area (Å²) in [5.74, 6) is 1.07. The number of nitro groups is 1. The number of piperidine rings is 1. The van der Waals surface area contributed by atoms with Gasteiger partial charge in [0.2, 0.25) is 5.82 Å². The summed E-state index contributed by atoms with van der Waals surface area (Å²) in [7, 11) is 1.75. The summed E-state index contributed by atoms with van der Waals surface area (Å²) in [5, 5.41) is 22.2. The first-order valence-electron chi connectivity index (χ1n) is 7.16. The number of hydrogen-bond donors (Lipinski definition) is 2. The molecule has 0 bridgehead atoms. The molecule has 1 fully saturated rings. The summed E-state index contributed by atoms with van der Waals surface area (Å²) in [5.41, 5.74) is 0.660. The molecule has 7 heteroatoms. The van der Waals surface area contributed by atoms with E-state index in [1.54, 1.807) is 11.7 Å². The van der Waals surface area contributed by atoms with E-state index in [-0.39, 0.29) is 16.5 Å². The molecule has 1 aliphatic rings. The average Bonchev–Trinajstić information content (AvgIpc) is 2.75. The number of nitrogens with one attached hydrogen (secondary N) is 2. The van der Waals surface area contributed by atoms with Gasteiger partial charge in [0.25, 0.3) is 0 Å². The van der Waals surface area contributed by atoms with E-state index in [4.69, 9.17) is 0 Å². The van der Waals surface area contributed by atoms with Gasteiger partial charge < -0.3 is 10.6 Å². The smallest absolute Gasteiger partial charge is 0.334 e. The molecule has 0 saturated carbocycles. The van der Waals surface area contributed by atoms with Crippen LogP contribution >= 0.6 is 0 Å². The molecule has 1 aliphatic heterocycles. The Bertz CT molecular complexity index is 477. The summed E-state index contributed by atoms with van der Waals surface area (Å²) in [6.07, 6.45) is 2.32. The van der Waals surface area contributed by atoms with Gasteiger partial charge in [-0.15, -0.1) is 0 Å². The van der Waals surface area contributed by atoms with Gasteiger partial charge in [0.05, 0.1) is 4.92 Å². The minimum atomic E-state index is -0.330. The van der Waals surface area contributed by atoms with Crippen molar-refractivity contribution < 1.29 is 4.92 Å². The van der Waals surface area contributed by atoms with E-state index in [1.807, 2.05) is 13.8 Å². The zero-order chi connectivity index (χ0) is 14.7. The highest BCUT2D eigenvalue weighted by atomic mass is 16.6. The summed E-state index contributed by atoms with van der Waals surface area (Å²) in [4.78, 5) is 11.0. The van der Waals surface area contributed by atoms with Crippen LogP contribution in [-0.4, -0.2) is 34.3 Å². The molecule has 0 radical (unpaired) electrons. The molecule has 0 spiro atoms. The fourth-order valence-corrected chi connectivity index (χ4v) is 2.64. The second kappa shape index (κ2) is 6.21. The van der Waals surface area contributed by atoms with Crippen LogP contribution < -0.4 is 10.6 Å². The molecule has 2 heterocycles. The number of aromatic nitrogens is 2. The van der Waals surface area contributed by atoms with E-state index in [9.17, 15) is 10.1 Å². The third-order valence-corrected chi connectivity index (χ3v) is 3.73. The van der Waals surface area contributed by atoms with Gasteiger partial charge in [-0.05, 0) is 31.8 Å². The third kappa shape index (κ3) is 3.09. The summed E-state index contributed by atoms with van der Waals surface area (Å²) < 4.78 is 1.59. The Balaban J connectivity index is 2.15. The summed E-state index contributed by atoms with van der Waals surface area (Å²) in [6.45, 7) is 6.62. The Morgan fingerprint density at radius 3 is 2.90 bits per heavy atom. The predicted octanol–water partition coefficient (Wildman–Crippen LogP) is 1.86. The Morgan fingerprint density at radius 2 is 2.35 bits per heavy atom. The Hall–Kier alpha value is -1.63. The molecule has 2 N–H and O–H groups in total. The van der Waals surface area contributed by atoms with E-state index >= 15 is 0 Å². The first-order chi connectivity index (χ1) is 9.50. The zero-order valence-corrected chi connectivity index (χ0v) is 12.3. The van der Waals surface area contributed by atoms with Crippen LogP contribution in [0.1, 0.15) is 38.3 Å². The molecule has 2 rings (SSSR count). The number of anilines is 1. The van der Waals surface area contributed by atoms with Crippen LogP contribution in [0.25, 0.3) is 0 Å². The molecule has 0 amide bonds. The fourth-order valence-electron chi connectivity index (χ4n) is 2.64. The van der Waals surface area contributed by atoms with Crippen LogP contribution in [-0.2, 0) is 7.05 Å². The molecule has 1 unspecified atom stereocenters. The molecule has 1 atom stereocenters. The van der Waals surface area contributed by atoms with Gasteiger partial charge in [-0.3, -0.25) is 10.1 Å². The van der Waals surface area contributed by atoms with Crippen molar-refractivity contribution >= 4 is 11.5 Å². The van der Waals surface area contributed by atoms with Crippen molar-refractivity contribution in [3.63, 3.8) is 0 Å². The molecule has 112 valence electrons. The van der Waals surface area contributed by atoms with Crippen LogP contribution in [0.5, 0.6) is 0 Å². The van der Waals surface area contributed by atoms with Crippen LogP contribution in [0.3, 0.4) is 0 Å². The van der Waals surface area contributed by atoms with E-state index in [1.165, 1.54) is 0 Å². The normalized spacial score (nSPS) is 19.3. The van der Waals surface area contributed by atoms with E-state index in [0.717, 1.165) is 32.5 Å². The highest BCUT2D eigenvalue weighted by Gasteiger charge is 2.28. The van der Waals surface area contributed by atoms with Gasteiger partial charge in [-0.1, -0.05) is 13.8 Å². The van der Waals surface area contributed by atoms with Gasteiger partial charge in [0.1, 0.15) is 5.69 Å². The number of aryl methyl sites for hydroxylation is 1. The van der Waals surface area contributed by atoms with E-state index in [2.05, 4.69) is 15.7 Å².